The monoisotopic (exact) mass is 389 g/mol. The summed E-state index contributed by atoms with van der Waals surface area (Å²) in [6, 6.07) is 9.67. The number of piperazine rings is 1. The number of hydrogen-bond donors (Lipinski definition) is 1. The van der Waals surface area contributed by atoms with E-state index in [-0.39, 0.29) is 23.5 Å². The van der Waals surface area contributed by atoms with Crippen LogP contribution in [0.3, 0.4) is 0 Å². The van der Waals surface area contributed by atoms with Crippen molar-refractivity contribution >= 4 is 28.8 Å². The first-order chi connectivity index (χ1) is 13.0. The van der Waals surface area contributed by atoms with Crippen LogP contribution in [0.5, 0.6) is 0 Å². The van der Waals surface area contributed by atoms with Crippen molar-refractivity contribution in [2.24, 2.45) is 5.92 Å². The van der Waals surface area contributed by atoms with Crippen LogP contribution in [0.1, 0.15) is 23.5 Å². The highest BCUT2D eigenvalue weighted by molar-refractivity contribution is 7.12. The second-order valence-electron chi connectivity index (χ2n) is 6.94. The maximum absolute atomic E-state index is 14.0. The van der Waals surface area contributed by atoms with Gasteiger partial charge in [0.2, 0.25) is 5.91 Å². The van der Waals surface area contributed by atoms with E-state index in [1.165, 1.54) is 17.4 Å². The smallest absolute Gasteiger partial charge is 0.262 e. The Morgan fingerprint density at radius 1 is 1.07 bits per heavy atom. The van der Waals surface area contributed by atoms with E-state index >= 15 is 0 Å². The molecule has 3 rings (SSSR count). The van der Waals surface area contributed by atoms with Crippen LogP contribution < -0.4 is 10.2 Å². The number of thiophene rings is 1. The summed E-state index contributed by atoms with van der Waals surface area (Å²) in [5.74, 6) is -0.573. The Morgan fingerprint density at radius 3 is 2.37 bits per heavy atom. The summed E-state index contributed by atoms with van der Waals surface area (Å²) in [6.45, 7) is 5.99. The second kappa shape index (κ2) is 8.52. The normalized spacial score (nSPS) is 15.7. The van der Waals surface area contributed by atoms with Crippen molar-refractivity contribution in [2.75, 3.05) is 31.1 Å². The molecule has 2 heterocycles. The van der Waals surface area contributed by atoms with Crippen LogP contribution in [0, 0.1) is 11.7 Å². The maximum atomic E-state index is 14.0. The third-order valence-electron chi connectivity index (χ3n) is 4.75. The number of carbonyl (C=O) groups excluding carboxylic acids is 2. The zero-order valence-corrected chi connectivity index (χ0v) is 16.3. The summed E-state index contributed by atoms with van der Waals surface area (Å²) in [5, 5.41) is 4.71. The van der Waals surface area contributed by atoms with Crippen LogP contribution in [0.2, 0.25) is 0 Å². The van der Waals surface area contributed by atoms with Gasteiger partial charge in [0.05, 0.1) is 10.6 Å². The SMILES string of the molecule is CC(C)C(NC(=O)c1cccs1)C(=O)N1CCN(c2ccccc2F)CC1. The summed E-state index contributed by atoms with van der Waals surface area (Å²) in [4.78, 5) is 29.6. The Labute approximate surface area is 162 Å². The first-order valence-corrected chi connectivity index (χ1v) is 9.98. The Kier molecular flexibility index (Phi) is 6.11. The molecule has 1 unspecified atom stereocenters. The van der Waals surface area contributed by atoms with E-state index < -0.39 is 6.04 Å². The van der Waals surface area contributed by atoms with Crippen LogP contribution in [0.15, 0.2) is 41.8 Å². The fourth-order valence-corrected chi connectivity index (χ4v) is 3.83. The molecule has 0 aliphatic carbocycles. The van der Waals surface area contributed by atoms with Gasteiger partial charge in [0.15, 0.2) is 0 Å². The molecule has 2 amide bonds. The number of hydrogen-bond acceptors (Lipinski definition) is 4. The number of nitrogens with zero attached hydrogens (tertiary/aromatic N) is 2. The van der Waals surface area contributed by atoms with Crippen molar-refractivity contribution in [1.29, 1.82) is 0 Å². The summed E-state index contributed by atoms with van der Waals surface area (Å²) in [7, 11) is 0. The van der Waals surface area contributed by atoms with E-state index in [0.29, 0.717) is 36.7 Å². The molecule has 1 atom stereocenters. The number of carbonyl (C=O) groups is 2. The number of rotatable bonds is 5. The zero-order chi connectivity index (χ0) is 19.4. The van der Waals surface area contributed by atoms with Crippen molar-refractivity contribution < 1.29 is 14.0 Å². The van der Waals surface area contributed by atoms with Gasteiger partial charge in [-0.15, -0.1) is 11.3 Å². The summed E-state index contributed by atoms with van der Waals surface area (Å²) in [6.07, 6.45) is 0. The Balaban J connectivity index is 1.62. The van der Waals surface area contributed by atoms with Crippen molar-refractivity contribution in [3.05, 3.63) is 52.5 Å². The summed E-state index contributed by atoms with van der Waals surface area (Å²) >= 11 is 1.35. The zero-order valence-electron chi connectivity index (χ0n) is 15.5. The van der Waals surface area contributed by atoms with Gasteiger partial charge in [0, 0.05) is 26.2 Å². The van der Waals surface area contributed by atoms with Crippen molar-refractivity contribution in [3.63, 3.8) is 0 Å². The lowest BCUT2D eigenvalue weighted by molar-refractivity contribution is -0.134. The molecular weight excluding hydrogens is 365 g/mol. The van der Waals surface area contributed by atoms with Gasteiger partial charge in [-0.1, -0.05) is 32.0 Å². The average molecular weight is 389 g/mol. The molecule has 27 heavy (non-hydrogen) atoms. The standard InChI is InChI=1S/C20H24FN3O2S/c1-14(2)18(22-19(25)17-8-5-13-27-17)20(26)24-11-9-23(10-12-24)16-7-4-3-6-15(16)21/h3-8,13-14,18H,9-12H2,1-2H3,(H,22,25). The van der Waals surface area contributed by atoms with Crippen molar-refractivity contribution in [2.45, 2.75) is 19.9 Å². The number of halogens is 1. The molecule has 0 spiro atoms. The summed E-state index contributed by atoms with van der Waals surface area (Å²) in [5.41, 5.74) is 0.566. The minimum atomic E-state index is -0.570. The van der Waals surface area contributed by atoms with Crippen LogP contribution >= 0.6 is 11.3 Å². The topological polar surface area (TPSA) is 52.7 Å². The minimum Gasteiger partial charge on any atom is -0.366 e. The molecule has 144 valence electrons. The van der Waals surface area contributed by atoms with Gasteiger partial charge in [0.1, 0.15) is 11.9 Å². The largest absolute Gasteiger partial charge is 0.366 e. The summed E-state index contributed by atoms with van der Waals surface area (Å²) < 4.78 is 14.0. The Morgan fingerprint density at radius 2 is 1.78 bits per heavy atom. The molecule has 1 aromatic carbocycles. The van der Waals surface area contributed by atoms with Gasteiger partial charge < -0.3 is 15.1 Å². The highest BCUT2D eigenvalue weighted by atomic mass is 32.1. The molecule has 7 heteroatoms. The second-order valence-corrected chi connectivity index (χ2v) is 7.88. The highest BCUT2D eigenvalue weighted by Crippen LogP contribution is 2.21. The molecular formula is C20H24FN3O2S. The fourth-order valence-electron chi connectivity index (χ4n) is 3.21. The van der Waals surface area contributed by atoms with Gasteiger partial charge in [-0.3, -0.25) is 9.59 Å². The quantitative estimate of drug-likeness (QED) is 0.855. The maximum Gasteiger partial charge on any atom is 0.262 e. The molecule has 5 nitrogen and oxygen atoms in total. The molecule has 0 saturated carbocycles. The molecule has 0 radical (unpaired) electrons. The molecule has 1 saturated heterocycles. The Hall–Kier alpha value is -2.41. The van der Waals surface area contributed by atoms with Crippen LogP contribution in [0.25, 0.3) is 0 Å². The van der Waals surface area contributed by atoms with Crippen molar-refractivity contribution in [1.82, 2.24) is 10.2 Å². The molecule has 1 aromatic heterocycles. The van der Waals surface area contributed by atoms with Gasteiger partial charge in [-0.2, -0.15) is 0 Å². The molecule has 2 aromatic rings. The first-order valence-electron chi connectivity index (χ1n) is 9.10. The third kappa shape index (κ3) is 4.47. The number of anilines is 1. The van der Waals surface area contributed by atoms with Gasteiger partial charge >= 0.3 is 0 Å². The molecule has 1 fully saturated rings. The minimum absolute atomic E-state index is 0.0222. The van der Waals surface area contributed by atoms with Crippen LogP contribution in [-0.4, -0.2) is 48.9 Å². The van der Waals surface area contributed by atoms with E-state index in [2.05, 4.69) is 5.32 Å². The van der Waals surface area contributed by atoms with Gasteiger partial charge in [-0.25, -0.2) is 4.39 Å². The number of para-hydroxylation sites is 1. The van der Waals surface area contributed by atoms with Gasteiger partial charge in [-0.05, 0) is 29.5 Å². The van der Waals surface area contributed by atoms with Crippen LogP contribution in [0.4, 0.5) is 10.1 Å². The van der Waals surface area contributed by atoms with E-state index in [4.69, 9.17) is 0 Å². The molecule has 1 aliphatic rings. The van der Waals surface area contributed by atoms with E-state index in [9.17, 15) is 14.0 Å². The van der Waals surface area contributed by atoms with E-state index in [1.54, 1.807) is 23.1 Å². The molecule has 1 N–H and O–H groups in total. The van der Waals surface area contributed by atoms with E-state index in [0.717, 1.165) is 0 Å². The Bertz CT molecular complexity index is 786. The highest BCUT2D eigenvalue weighted by Gasteiger charge is 2.31. The molecule has 0 bridgehead atoms. The lowest BCUT2D eigenvalue weighted by Crippen LogP contribution is -2.56. The number of amides is 2. The predicted octanol–water partition coefficient (Wildman–Crippen LogP) is 2.99. The van der Waals surface area contributed by atoms with E-state index in [1.807, 2.05) is 36.3 Å². The van der Waals surface area contributed by atoms with Crippen LogP contribution in [-0.2, 0) is 4.79 Å². The molecule has 1 aliphatic heterocycles. The fraction of sp³-hybridized carbons (Fsp3) is 0.400. The third-order valence-corrected chi connectivity index (χ3v) is 5.62. The number of benzene rings is 1. The first kappa shape index (κ1) is 19.4. The van der Waals surface area contributed by atoms with Gasteiger partial charge in [0.25, 0.3) is 5.91 Å². The number of nitrogens with one attached hydrogen (secondary N) is 1. The lowest BCUT2D eigenvalue weighted by Gasteiger charge is -2.38. The average Bonchev–Trinajstić information content (AvgIpc) is 3.21. The lowest BCUT2D eigenvalue weighted by atomic mass is 10.0. The van der Waals surface area contributed by atoms with Crippen molar-refractivity contribution in [3.8, 4) is 0 Å². The predicted molar refractivity (Wildman–Crippen MR) is 106 cm³/mol.